The van der Waals surface area contributed by atoms with E-state index in [4.69, 9.17) is 0 Å². The number of benzene rings is 3. The number of aromatic nitrogens is 1. The second kappa shape index (κ2) is 9.10. The van der Waals surface area contributed by atoms with Gasteiger partial charge < -0.3 is 10.6 Å². The van der Waals surface area contributed by atoms with Gasteiger partial charge in [-0.05, 0) is 42.3 Å². The molecule has 31 heavy (non-hydrogen) atoms. The van der Waals surface area contributed by atoms with E-state index < -0.39 is 6.04 Å². The molecule has 0 saturated carbocycles. The average molecular weight is 430 g/mol. The van der Waals surface area contributed by atoms with Crippen LogP contribution in [0.3, 0.4) is 0 Å². The lowest BCUT2D eigenvalue weighted by atomic mass is 10.0. The van der Waals surface area contributed by atoms with Crippen LogP contribution in [0.15, 0.2) is 72.1 Å². The molecule has 1 heterocycles. The zero-order chi connectivity index (χ0) is 21.8. The number of carbonyl (C=O) groups excluding carboxylic acids is 2. The van der Waals surface area contributed by atoms with Crippen molar-refractivity contribution in [1.29, 1.82) is 0 Å². The smallest absolute Gasteiger partial charge is 0.246 e. The third-order valence-electron chi connectivity index (χ3n) is 5.05. The van der Waals surface area contributed by atoms with Crippen LogP contribution in [-0.2, 0) is 16.0 Å². The molecular formula is C25H23N3O2S. The fourth-order valence-corrected chi connectivity index (χ4v) is 4.10. The van der Waals surface area contributed by atoms with E-state index >= 15 is 0 Å². The van der Waals surface area contributed by atoms with E-state index in [1.165, 1.54) is 0 Å². The summed E-state index contributed by atoms with van der Waals surface area (Å²) in [4.78, 5) is 29.7. The first kappa shape index (κ1) is 20.8. The van der Waals surface area contributed by atoms with Gasteiger partial charge >= 0.3 is 0 Å². The Hall–Kier alpha value is -3.51. The van der Waals surface area contributed by atoms with Gasteiger partial charge in [0.05, 0.1) is 17.1 Å². The third-order valence-corrected chi connectivity index (χ3v) is 5.82. The molecule has 1 aromatic heterocycles. The number of thiazole rings is 1. The normalized spacial score (nSPS) is 11.8. The molecule has 0 spiro atoms. The fraction of sp³-hybridized carbons (Fsp3) is 0.160. The minimum absolute atomic E-state index is 0.189. The Labute approximate surface area is 185 Å². The molecule has 0 aliphatic carbocycles. The van der Waals surface area contributed by atoms with Crippen molar-refractivity contribution in [3.63, 3.8) is 0 Å². The van der Waals surface area contributed by atoms with Gasteiger partial charge in [0.1, 0.15) is 6.04 Å². The summed E-state index contributed by atoms with van der Waals surface area (Å²) < 4.78 is 0. The van der Waals surface area contributed by atoms with Crippen molar-refractivity contribution >= 4 is 39.6 Å². The molecular weight excluding hydrogens is 406 g/mol. The molecule has 0 aliphatic rings. The van der Waals surface area contributed by atoms with Crippen molar-refractivity contribution in [3.05, 3.63) is 82.7 Å². The van der Waals surface area contributed by atoms with E-state index in [0.717, 1.165) is 32.6 Å². The molecule has 0 aliphatic heterocycles. The number of carbonyl (C=O) groups is 2. The summed E-state index contributed by atoms with van der Waals surface area (Å²) in [6, 6.07) is 20.8. The van der Waals surface area contributed by atoms with Crippen LogP contribution in [0.2, 0.25) is 0 Å². The molecule has 6 heteroatoms. The lowest BCUT2D eigenvalue weighted by molar-refractivity contribution is -0.125. The van der Waals surface area contributed by atoms with Crippen LogP contribution in [-0.4, -0.2) is 22.8 Å². The zero-order valence-electron chi connectivity index (χ0n) is 17.4. The zero-order valence-corrected chi connectivity index (χ0v) is 18.2. The number of fused-ring (bicyclic) bond motifs is 1. The molecule has 4 rings (SSSR count). The highest BCUT2D eigenvalue weighted by Gasteiger charge is 2.17. The monoisotopic (exact) mass is 429 g/mol. The molecule has 2 N–H and O–H groups in total. The Kier molecular flexibility index (Phi) is 6.09. The van der Waals surface area contributed by atoms with Gasteiger partial charge in [0, 0.05) is 16.6 Å². The van der Waals surface area contributed by atoms with Gasteiger partial charge in [-0.25, -0.2) is 4.98 Å². The van der Waals surface area contributed by atoms with Gasteiger partial charge in [0.25, 0.3) is 0 Å². The minimum atomic E-state index is -0.660. The van der Waals surface area contributed by atoms with Gasteiger partial charge in [-0.3, -0.25) is 9.59 Å². The third kappa shape index (κ3) is 4.98. The highest BCUT2D eigenvalue weighted by molar-refractivity contribution is 7.09. The van der Waals surface area contributed by atoms with Crippen molar-refractivity contribution in [2.45, 2.75) is 26.3 Å². The van der Waals surface area contributed by atoms with E-state index in [9.17, 15) is 9.59 Å². The number of nitrogens with one attached hydrogen (secondary N) is 2. The molecule has 156 valence electrons. The summed E-state index contributed by atoms with van der Waals surface area (Å²) in [7, 11) is 0. The standard InChI is InChI=1S/C25H23N3O2S/c1-16(26-24(29)14-19-9-5-8-18-7-3-4-12-22(18)19)25(30)28-21-11-6-10-20(13-21)23-15-31-17(2)27-23/h3-13,15-16H,14H2,1-2H3,(H,26,29)(H,28,30). The van der Waals surface area contributed by atoms with E-state index in [1.54, 1.807) is 18.3 Å². The van der Waals surface area contributed by atoms with Crippen molar-refractivity contribution in [3.8, 4) is 11.3 Å². The first-order chi connectivity index (χ1) is 15.0. The maximum atomic E-state index is 12.6. The topological polar surface area (TPSA) is 71.1 Å². The summed E-state index contributed by atoms with van der Waals surface area (Å²) in [5, 5.41) is 10.8. The number of rotatable bonds is 6. The van der Waals surface area contributed by atoms with Crippen molar-refractivity contribution in [2.24, 2.45) is 0 Å². The molecule has 4 aromatic rings. The van der Waals surface area contributed by atoms with E-state index in [2.05, 4.69) is 15.6 Å². The van der Waals surface area contributed by atoms with Crippen LogP contribution >= 0.6 is 11.3 Å². The van der Waals surface area contributed by atoms with E-state index in [-0.39, 0.29) is 18.2 Å². The summed E-state index contributed by atoms with van der Waals surface area (Å²) in [5.74, 6) is -0.455. The Morgan fingerprint density at radius 1 is 1.03 bits per heavy atom. The Morgan fingerprint density at radius 3 is 2.61 bits per heavy atom. The van der Waals surface area contributed by atoms with Gasteiger partial charge in [0.15, 0.2) is 0 Å². The number of anilines is 1. The highest BCUT2D eigenvalue weighted by Crippen LogP contribution is 2.24. The van der Waals surface area contributed by atoms with Crippen molar-refractivity contribution in [1.82, 2.24) is 10.3 Å². The number of nitrogens with zero attached hydrogens (tertiary/aromatic N) is 1. The molecule has 1 atom stereocenters. The van der Waals surface area contributed by atoms with Crippen LogP contribution in [0.25, 0.3) is 22.0 Å². The van der Waals surface area contributed by atoms with Crippen LogP contribution in [0.5, 0.6) is 0 Å². The predicted octanol–water partition coefficient (Wildman–Crippen LogP) is 4.96. The lowest BCUT2D eigenvalue weighted by Crippen LogP contribution is -2.42. The van der Waals surface area contributed by atoms with Gasteiger partial charge in [-0.15, -0.1) is 11.3 Å². The second-order valence-electron chi connectivity index (χ2n) is 7.43. The van der Waals surface area contributed by atoms with Gasteiger partial charge in [-0.2, -0.15) is 0 Å². The van der Waals surface area contributed by atoms with Crippen molar-refractivity contribution in [2.75, 3.05) is 5.32 Å². The lowest BCUT2D eigenvalue weighted by Gasteiger charge is -2.15. The quantitative estimate of drug-likeness (QED) is 0.455. The van der Waals surface area contributed by atoms with Gasteiger partial charge in [0.2, 0.25) is 11.8 Å². The van der Waals surface area contributed by atoms with Crippen LogP contribution in [0.1, 0.15) is 17.5 Å². The number of amides is 2. The first-order valence-corrected chi connectivity index (χ1v) is 11.0. The summed E-state index contributed by atoms with van der Waals surface area (Å²) in [5.41, 5.74) is 3.43. The maximum absolute atomic E-state index is 12.6. The molecule has 5 nitrogen and oxygen atoms in total. The second-order valence-corrected chi connectivity index (χ2v) is 8.49. The van der Waals surface area contributed by atoms with Gasteiger partial charge in [-0.1, -0.05) is 54.6 Å². The minimum Gasteiger partial charge on any atom is -0.344 e. The Morgan fingerprint density at radius 2 is 1.81 bits per heavy atom. The molecule has 0 radical (unpaired) electrons. The average Bonchev–Trinajstić information content (AvgIpc) is 3.20. The van der Waals surface area contributed by atoms with Crippen LogP contribution < -0.4 is 10.6 Å². The maximum Gasteiger partial charge on any atom is 0.246 e. The van der Waals surface area contributed by atoms with Crippen LogP contribution in [0, 0.1) is 6.92 Å². The fourth-order valence-electron chi connectivity index (χ4n) is 3.48. The van der Waals surface area contributed by atoms with Crippen molar-refractivity contribution < 1.29 is 9.59 Å². The number of hydrogen-bond acceptors (Lipinski definition) is 4. The summed E-state index contributed by atoms with van der Waals surface area (Å²) >= 11 is 1.59. The summed E-state index contributed by atoms with van der Waals surface area (Å²) in [6.07, 6.45) is 0.220. The SMILES string of the molecule is Cc1nc(-c2cccc(NC(=O)C(C)NC(=O)Cc3cccc4ccccc34)c2)cs1. The van der Waals surface area contributed by atoms with E-state index in [1.807, 2.05) is 79.0 Å². The molecule has 1 unspecified atom stereocenters. The number of aryl methyl sites for hydroxylation is 1. The largest absolute Gasteiger partial charge is 0.344 e. The molecule has 0 bridgehead atoms. The molecule has 0 fully saturated rings. The first-order valence-electron chi connectivity index (χ1n) is 10.1. The number of hydrogen-bond donors (Lipinski definition) is 2. The summed E-state index contributed by atoms with van der Waals surface area (Å²) in [6.45, 7) is 3.65. The Balaban J connectivity index is 1.39. The molecule has 3 aromatic carbocycles. The van der Waals surface area contributed by atoms with E-state index in [0.29, 0.717) is 5.69 Å². The predicted molar refractivity (Wildman–Crippen MR) is 126 cm³/mol. The highest BCUT2D eigenvalue weighted by atomic mass is 32.1. The Bertz CT molecular complexity index is 1240. The van der Waals surface area contributed by atoms with Crippen LogP contribution in [0.4, 0.5) is 5.69 Å². The molecule has 0 saturated heterocycles. The molecule has 2 amide bonds.